The summed E-state index contributed by atoms with van der Waals surface area (Å²) in [5.74, 6) is -0.983. The Morgan fingerprint density at radius 2 is 2.12 bits per heavy atom. The number of aromatic nitrogens is 4. The van der Waals surface area contributed by atoms with Crippen LogP contribution in [0.5, 0.6) is 0 Å². The van der Waals surface area contributed by atoms with Crippen LogP contribution in [0.2, 0.25) is 0 Å². The van der Waals surface area contributed by atoms with Gasteiger partial charge in [0.1, 0.15) is 28.7 Å². The highest BCUT2D eigenvalue weighted by atomic mass is 16.5. The van der Waals surface area contributed by atoms with E-state index < -0.39 is 11.9 Å². The molecule has 3 aromatic heterocycles. The van der Waals surface area contributed by atoms with Gasteiger partial charge in [-0.25, -0.2) is 19.7 Å². The molecule has 10 nitrogen and oxygen atoms in total. The zero-order chi connectivity index (χ0) is 17.3. The number of nitrogens with two attached hydrogens (primary N) is 1. The van der Waals surface area contributed by atoms with E-state index in [0.717, 1.165) is 0 Å². The normalized spacial score (nSPS) is 10.8. The van der Waals surface area contributed by atoms with Crippen molar-refractivity contribution in [3.8, 4) is 0 Å². The Morgan fingerprint density at radius 1 is 1.33 bits per heavy atom. The van der Waals surface area contributed by atoms with Crippen LogP contribution < -0.4 is 11.1 Å². The Bertz CT molecular complexity index is 929. The first kappa shape index (κ1) is 15.5. The van der Waals surface area contributed by atoms with Crippen molar-refractivity contribution < 1.29 is 18.7 Å². The number of nitrogens with zero attached hydrogens (tertiary/aromatic N) is 3. The number of imidazole rings is 1. The SMILES string of the molecule is CCOC(=O)c1c(C)oc(Nc2ncnc3nc[nH]c23)c1C(N)=O. The van der Waals surface area contributed by atoms with E-state index in [0.29, 0.717) is 17.0 Å². The van der Waals surface area contributed by atoms with Gasteiger partial charge < -0.3 is 25.2 Å². The van der Waals surface area contributed by atoms with Crippen molar-refractivity contribution in [3.63, 3.8) is 0 Å². The second kappa shape index (κ2) is 5.99. The van der Waals surface area contributed by atoms with E-state index in [1.54, 1.807) is 6.92 Å². The van der Waals surface area contributed by atoms with E-state index in [9.17, 15) is 9.59 Å². The second-order valence-corrected chi connectivity index (χ2v) is 4.77. The summed E-state index contributed by atoms with van der Waals surface area (Å²) in [5.41, 5.74) is 6.24. The smallest absolute Gasteiger partial charge is 0.342 e. The lowest BCUT2D eigenvalue weighted by Gasteiger charge is -2.05. The minimum absolute atomic E-state index is 0.00217. The third kappa shape index (κ3) is 2.53. The number of rotatable bonds is 5. The molecule has 1 amide bonds. The van der Waals surface area contributed by atoms with Crippen LogP contribution >= 0.6 is 0 Å². The quantitative estimate of drug-likeness (QED) is 0.592. The van der Waals surface area contributed by atoms with Gasteiger partial charge in [-0.2, -0.15) is 0 Å². The molecule has 24 heavy (non-hydrogen) atoms. The number of primary amides is 1. The van der Waals surface area contributed by atoms with Crippen LogP contribution in [0.3, 0.4) is 0 Å². The van der Waals surface area contributed by atoms with E-state index >= 15 is 0 Å². The minimum Gasteiger partial charge on any atom is -0.462 e. The molecule has 124 valence electrons. The number of esters is 1. The van der Waals surface area contributed by atoms with E-state index in [-0.39, 0.29) is 29.4 Å². The molecule has 3 aromatic rings. The molecule has 0 spiro atoms. The summed E-state index contributed by atoms with van der Waals surface area (Å²) in [6.45, 7) is 3.35. The Hall–Kier alpha value is -3.43. The minimum atomic E-state index is -0.827. The van der Waals surface area contributed by atoms with Gasteiger partial charge in [-0.1, -0.05) is 0 Å². The molecule has 0 aromatic carbocycles. The number of hydrogen-bond acceptors (Lipinski definition) is 8. The van der Waals surface area contributed by atoms with Crippen molar-refractivity contribution in [2.24, 2.45) is 5.73 Å². The van der Waals surface area contributed by atoms with Crippen molar-refractivity contribution in [2.75, 3.05) is 11.9 Å². The first-order valence-electron chi connectivity index (χ1n) is 7.04. The molecule has 0 fully saturated rings. The van der Waals surface area contributed by atoms with E-state index in [4.69, 9.17) is 14.9 Å². The summed E-state index contributed by atoms with van der Waals surface area (Å²) >= 11 is 0. The lowest BCUT2D eigenvalue weighted by atomic mass is 10.1. The van der Waals surface area contributed by atoms with Gasteiger partial charge in [0.25, 0.3) is 5.91 Å². The van der Waals surface area contributed by atoms with Gasteiger partial charge in [0, 0.05) is 0 Å². The van der Waals surface area contributed by atoms with Gasteiger partial charge in [-0.15, -0.1) is 0 Å². The Balaban J connectivity index is 2.08. The highest BCUT2D eigenvalue weighted by Crippen LogP contribution is 2.30. The first-order valence-corrected chi connectivity index (χ1v) is 7.04. The summed E-state index contributed by atoms with van der Waals surface area (Å²) in [5, 5.41) is 2.84. The van der Waals surface area contributed by atoms with Crippen LogP contribution in [0, 0.1) is 6.92 Å². The molecule has 0 radical (unpaired) electrons. The topological polar surface area (TPSA) is 149 Å². The van der Waals surface area contributed by atoms with Crippen LogP contribution in [0.15, 0.2) is 17.1 Å². The predicted molar refractivity (Wildman–Crippen MR) is 82.9 cm³/mol. The Labute approximate surface area is 135 Å². The number of H-pyrrole nitrogens is 1. The monoisotopic (exact) mass is 330 g/mol. The van der Waals surface area contributed by atoms with Crippen molar-refractivity contribution in [1.29, 1.82) is 0 Å². The van der Waals surface area contributed by atoms with Crippen LogP contribution in [0.25, 0.3) is 11.2 Å². The summed E-state index contributed by atoms with van der Waals surface area (Å²) in [6, 6.07) is 0. The number of fused-ring (bicyclic) bond motifs is 1. The molecule has 0 aliphatic heterocycles. The maximum atomic E-state index is 12.1. The van der Waals surface area contributed by atoms with Crippen LogP contribution in [0.1, 0.15) is 33.4 Å². The molecule has 0 unspecified atom stereocenters. The zero-order valence-electron chi connectivity index (χ0n) is 12.9. The standard InChI is InChI=1S/C14H14N6O4/c1-3-23-14(22)7-6(2)24-13(8(7)10(15)21)20-12-9-11(17-4-16-9)18-5-19-12/h4-5H,3H2,1-2H3,(H2,15,21)(H2,16,17,18,19,20). The number of aryl methyl sites for hydroxylation is 1. The van der Waals surface area contributed by atoms with Crippen LogP contribution in [-0.2, 0) is 4.74 Å². The van der Waals surface area contributed by atoms with Gasteiger partial charge in [0.05, 0.1) is 12.9 Å². The number of amides is 1. The molecular weight excluding hydrogens is 316 g/mol. The van der Waals surface area contributed by atoms with Gasteiger partial charge >= 0.3 is 5.97 Å². The number of furan rings is 1. The second-order valence-electron chi connectivity index (χ2n) is 4.77. The van der Waals surface area contributed by atoms with Crippen molar-refractivity contribution >= 4 is 34.7 Å². The number of ether oxygens (including phenoxy) is 1. The van der Waals surface area contributed by atoms with Gasteiger partial charge in [-0.3, -0.25) is 4.79 Å². The maximum absolute atomic E-state index is 12.1. The van der Waals surface area contributed by atoms with Gasteiger partial charge in [0.15, 0.2) is 11.5 Å². The van der Waals surface area contributed by atoms with E-state index in [1.807, 2.05) is 0 Å². The molecule has 0 aliphatic carbocycles. The van der Waals surface area contributed by atoms with Crippen molar-refractivity contribution in [3.05, 3.63) is 29.5 Å². The molecular formula is C14H14N6O4. The number of carbonyl (C=O) groups excluding carboxylic acids is 2. The molecule has 3 rings (SSSR count). The van der Waals surface area contributed by atoms with Gasteiger partial charge in [0.2, 0.25) is 5.88 Å². The third-order valence-electron chi connectivity index (χ3n) is 3.27. The Kier molecular flexibility index (Phi) is 3.86. The fourth-order valence-corrected chi connectivity index (χ4v) is 2.28. The van der Waals surface area contributed by atoms with Crippen LogP contribution in [-0.4, -0.2) is 38.4 Å². The zero-order valence-corrected chi connectivity index (χ0v) is 12.9. The largest absolute Gasteiger partial charge is 0.462 e. The average Bonchev–Trinajstić information content (AvgIpc) is 3.12. The average molecular weight is 330 g/mol. The predicted octanol–water partition coefficient (Wildman–Crippen LogP) is 1.27. The van der Waals surface area contributed by atoms with Gasteiger partial charge in [-0.05, 0) is 13.8 Å². The molecule has 0 atom stereocenters. The van der Waals surface area contributed by atoms with Crippen molar-refractivity contribution in [1.82, 2.24) is 19.9 Å². The third-order valence-corrected chi connectivity index (χ3v) is 3.27. The fraction of sp³-hybridized carbons (Fsp3) is 0.214. The summed E-state index contributed by atoms with van der Waals surface area (Å²) in [6.07, 6.45) is 2.76. The molecule has 4 N–H and O–H groups in total. The van der Waals surface area contributed by atoms with E-state index in [2.05, 4.69) is 25.3 Å². The summed E-state index contributed by atoms with van der Waals surface area (Å²) < 4.78 is 10.4. The van der Waals surface area contributed by atoms with E-state index in [1.165, 1.54) is 19.6 Å². The molecule has 0 saturated heterocycles. The highest BCUT2D eigenvalue weighted by molar-refractivity contribution is 6.09. The lowest BCUT2D eigenvalue weighted by molar-refractivity contribution is 0.0521. The van der Waals surface area contributed by atoms with Crippen LogP contribution in [0.4, 0.5) is 11.7 Å². The summed E-state index contributed by atoms with van der Waals surface area (Å²) in [7, 11) is 0. The first-order chi connectivity index (χ1) is 11.5. The number of hydrogen-bond donors (Lipinski definition) is 3. The number of anilines is 2. The Morgan fingerprint density at radius 3 is 2.83 bits per heavy atom. The molecule has 10 heteroatoms. The number of nitrogens with one attached hydrogen (secondary N) is 2. The summed E-state index contributed by atoms with van der Waals surface area (Å²) in [4.78, 5) is 38.8. The number of aromatic amines is 1. The number of carbonyl (C=O) groups is 2. The highest BCUT2D eigenvalue weighted by Gasteiger charge is 2.28. The molecule has 0 aliphatic rings. The van der Waals surface area contributed by atoms with Crippen molar-refractivity contribution in [2.45, 2.75) is 13.8 Å². The molecule has 0 bridgehead atoms. The maximum Gasteiger partial charge on any atom is 0.342 e. The fourth-order valence-electron chi connectivity index (χ4n) is 2.28. The molecule has 0 saturated carbocycles. The lowest BCUT2D eigenvalue weighted by Crippen LogP contribution is -2.18. The molecule has 3 heterocycles.